The summed E-state index contributed by atoms with van der Waals surface area (Å²) < 4.78 is 5.25. The fraction of sp³-hybridized carbons (Fsp3) is 0.130. The molecule has 0 fully saturated rings. The summed E-state index contributed by atoms with van der Waals surface area (Å²) in [6.45, 7) is 2.74. The van der Waals surface area contributed by atoms with Crippen LogP contribution in [0.5, 0.6) is 0 Å². The lowest BCUT2D eigenvalue weighted by Gasteiger charge is -2.14. The molecule has 0 bridgehead atoms. The number of hydrogen-bond acceptors (Lipinski definition) is 6. The lowest BCUT2D eigenvalue weighted by atomic mass is 10.2. The fourth-order valence-corrected chi connectivity index (χ4v) is 3.33. The van der Waals surface area contributed by atoms with Crippen LogP contribution in [0.1, 0.15) is 19.4 Å². The monoisotopic (exact) mass is 435 g/mol. The van der Waals surface area contributed by atoms with Gasteiger partial charge in [0.25, 0.3) is 5.91 Å². The maximum absolute atomic E-state index is 12.5. The summed E-state index contributed by atoms with van der Waals surface area (Å²) in [4.78, 5) is 40.9. The number of ether oxygens (including phenoxy) is 1. The van der Waals surface area contributed by atoms with E-state index in [1.54, 1.807) is 24.3 Å². The van der Waals surface area contributed by atoms with Gasteiger partial charge in [-0.25, -0.2) is 9.78 Å². The zero-order valence-electron chi connectivity index (χ0n) is 17.0. The van der Waals surface area contributed by atoms with Crippen molar-refractivity contribution >= 4 is 40.3 Å². The number of hydrogen-bond donors (Lipinski definition) is 2. The molecule has 158 valence electrons. The number of carbonyl (C=O) groups excluding carboxylic acids is 3. The highest BCUT2D eigenvalue weighted by molar-refractivity contribution is 7.14. The van der Waals surface area contributed by atoms with Crippen LogP contribution < -0.4 is 10.6 Å². The summed E-state index contributed by atoms with van der Waals surface area (Å²) in [7, 11) is 0. The standard InChI is InChI=1S/C23H21N3O4S/c1-15(21(28)26-23-25-20(14-31-23)18-11-7-4-8-12-18)30-22(29)19(24-16(2)27)13-17-9-5-3-6-10-17/h3-15H,1-2H3,(H,24,27)(H,25,26,28). The minimum atomic E-state index is -1.09. The SMILES string of the molecule is CC(=O)NC(=Cc1ccccc1)C(=O)OC(C)C(=O)Nc1nc(-c2ccccc2)cs1. The van der Waals surface area contributed by atoms with Gasteiger partial charge in [-0.05, 0) is 18.6 Å². The first-order chi connectivity index (χ1) is 14.9. The Morgan fingerprint density at radius 3 is 2.32 bits per heavy atom. The van der Waals surface area contributed by atoms with Crippen molar-refractivity contribution in [2.45, 2.75) is 20.0 Å². The second-order valence-electron chi connectivity index (χ2n) is 6.59. The molecule has 0 aliphatic heterocycles. The lowest BCUT2D eigenvalue weighted by Crippen LogP contribution is -2.33. The van der Waals surface area contributed by atoms with Gasteiger partial charge in [0, 0.05) is 17.9 Å². The minimum absolute atomic E-state index is 0.0565. The fourth-order valence-electron chi connectivity index (χ4n) is 2.61. The van der Waals surface area contributed by atoms with E-state index in [0.29, 0.717) is 10.7 Å². The maximum atomic E-state index is 12.5. The Kier molecular flexibility index (Phi) is 7.29. The van der Waals surface area contributed by atoms with Gasteiger partial charge in [-0.2, -0.15) is 0 Å². The highest BCUT2D eigenvalue weighted by Gasteiger charge is 2.22. The van der Waals surface area contributed by atoms with E-state index in [1.807, 2.05) is 41.8 Å². The largest absolute Gasteiger partial charge is 0.448 e. The molecule has 1 aromatic heterocycles. The van der Waals surface area contributed by atoms with Crippen molar-refractivity contribution < 1.29 is 19.1 Å². The van der Waals surface area contributed by atoms with E-state index in [4.69, 9.17) is 4.74 Å². The molecule has 0 spiro atoms. The number of esters is 1. The third kappa shape index (κ3) is 6.35. The average molecular weight is 436 g/mol. The second kappa shape index (κ2) is 10.3. The molecule has 7 nitrogen and oxygen atoms in total. The Balaban J connectivity index is 1.65. The molecule has 2 N–H and O–H groups in total. The van der Waals surface area contributed by atoms with E-state index in [1.165, 1.54) is 31.3 Å². The molecule has 0 aliphatic rings. The van der Waals surface area contributed by atoms with Gasteiger partial charge < -0.3 is 10.1 Å². The van der Waals surface area contributed by atoms with E-state index in [-0.39, 0.29) is 5.70 Å². The van der Waals surface area contributed by atoms with Gasteiger partial charge in [0.1, 0.15) is 5.70 Å². The predicted octanol–water partition coefficient (Wildman–Crippen LogP) is 3.86. The summed E-state index contributed by atoms with van der Waals surface area (Å²) in [5, 5.41) is 7.33. The van der Waals surface area contributed by atoms with Crippen molar-refractivity contribution in [3.05, 3.63) is 77.3 Å². The number of benzene rings is 2. The Morgan fingerprint density at radius 2 is 1.68 bits per heavy atom. The lowest BCUT2D eigenvalue weighted by molar-refractivity contribution is -0.149. The third-order valence-corrected chi connectivity index (χ3v) is 4.86. The van der Waals surface area contributed by atoms with Crippen LogP contribution >= 0.6 is 11.3 Å². The maximum Gasteiger partial charge on any atom is 0.355 e. The summed E-state index contributed by atoms with van der Waals surface area (Å²) in [5.74, 6) is -1.76. The number of anilines is 1. The Hall–Kier alpha value is -3.78. The molecule has 2 amide bonds. The highest BCUT2D eigenvalue weighted by Crippen LogP contribution is 2.24. The molecule has 3 rings (SSSR count). The van der Waals surface area contributed by atoms with Crippen LogP contribution in [0.15, 0.2) is 71.7 Å². The van der Waals surface area contributed by atoms with Crippen molar-refractivity contribution in [3.63, 3.8) is 0 Å². The molecule has 1 heterocycles. The molecule has 0 aliphatic carbocycles. The molecule has 0 saturated heterocycles. The average Bonchev–Trinajstić information content (AvgIpc) is 3.22. The number of thiazole rings is 1. The first-order valence-electron chi connectivity index (χ1n) is 9.49. The highest BCUT2D eigenvalue weighted by atomic mass is 32.1. The molecule has 1 atom stereocenters. The molecule has 3 aromatic rings. The molecule has 2 aromatic carbocycles. The molecule has 8 heteroatoms. The van der Waals surface area contributed by atoms with Crippen LogP contribution in [-0.2, 0) is 19.1 Å². The van der Waals surface area contributed by atoms with Gasteiger partial charge in [0.05, 0.1) is 5.69 Å². The van der Waals surface area contributed by atoms with Crippen molar-refractivity contribution in [1.29, 1.82) is 0 Å². The van der Waals surface area contributed by atoms with E-state index >= 15 is 0 Å². The van der Waals surface area contributed by atoms with Crippen molar-refractivity contribution in [2.24, 2.45) is 0 Å². The van der Waals surface area contributed by atoms with E-state index in [0.717, 1.165) is 11.3 Å². The number of aromatic nitrogens is 1. The Morgan fingerprint density at radius 1 is 1.03 bits per heavy atom. The summed E-state index contributed by atoms with van der Waals surface area (Å²) >= 11 is 1.27. The zero-order chi connectivity index (χ0) is 22.2. The predicted molar refractivity (Wildman–Crippen MR) is 120 cm³/mol. The smallest absolute Gasteiger partial charge is 0.355 e. The summed E-state index contributed by atoms with van der Waals surface area (Å²) in [6, 6.07) is 18.6. The van der Waals surface area contributed by atoms with Crippen LogP contribution in [-0.4, -0.2) is 28.9 Å². The Labute approximate surface area is 183 Å². The van der Waals surface area contributed by atoms with E-state index in [9.17, 15) is 14.4 Å². The van der Waals surface area contributed by atoms with Crippen LogP contribution in [0, 0.1) is 0 Å². The van der Waals surface area contributed by atoms with Crippen LogP contribution in [0.3, 0.4) is 0 Å². The number of carbonyl (C=O) groups is 3. The van der Waals surface area contributed by atoms with Gasteiger partial charge in [-0.15, -0.1) is 11.3 Å². The van der Waals surface area contributed by atoms with Gasteiger partial charge >= 0.3 is 5.97 Å². The minimum Gasteiger partial charge on any atom is -0.448 e. The second-order valence-corrected chi connectivity index (χ2v) is 7.45. The number of nitrogens with one attached hydrogen (secondary N) is 2. The zero-order valence-corrected chi connectivity index (χ0v) is 17.8. The quantitative estimate of drug-likeness (QED) is 0.434. The van der Waals surface area contributed by atoms with Crippen molar-refractivity contribution in [1.82, 2.24) is 10.3 Å². The van der Waals surface area contributed by atoms with E-state index < -0.39 is 23.9 Å². The topological polar surface area (TPSA) is 97.4 Å². The molecular formula is C23H21N3O4S. The van der Waals surface area contributed by atoms with E-state index in [2.05, 4.69) is 15.6 Å². The van der Waals surface area contributed by atoms with Crippen LogP contribution in [0.4, 0.5) is 5.13 Å². The van der Waals surface area contributed by atoms with Gasteiger partial charge in [0.15, 0.2) is 11.2 Å². The first-order valence-corrected chi connectivity index (χ1v) is 10.4. The van der Waals surface area contributed by atoms with Gasteiger partial charge in [-0.3, -0.25) is 14.9 Å². The molecule has 0 radical (unpaired) electrons. The molecule has 1 unspecified atom stereocenters. The summed E-state index contributed by atoms with van der Waals surface area (Å²) in [6.07, 6.45) is 0.394. The normalized spacial score (nSPS) is 12.0. The number of nitrogens with zero attached hydrogens (tertiary/aromatic N) is 1. The molecular weight excluding hydrogens is 414 g/mol. The summed E-state index contributed by atoms with van der Waals surface area (Å²) in [5.41, 5.74) is 2.32. The first kappa shape index (κ1) is 21.9. The van der Waals surface area contributed by atoms with Crippen LogP contribution in [0.25, 0.3) is 17.3 Å². The van der Waals surface area contributed by atoms with Crippen LogP contribution in [0.2, 0.25) is 0 Å². The number of amides is 2. The molecule has 0 saturated carbocycles. The van der Waals surface area contributed by atoms with Crippen molar-refractivity contribution in [2.75, 3.05) is 5.32 Å². The van der Waals surface area contributed by atoms with Gasteiger partial charge in [-0.1, -0.05) is 60.7 Å². The van der Waals surface area contributed by atoms with Gasteiger partial charge in [0.2, 0.25) is 5.91 Å². The van der Waals surface area contributed by atoms with Crippen molar-refractivity contribution in [3.8, 4) is 11.3 Å². The third-order valence-electron chi connectivity index (χ3n) is 4.10. The number of rotatable bonds is 7. The Bertz CT molecular complexity index is 1090. The molecule has 31 heavy (non-hydrogen) atoms.